The Labute approximate surface area is 161 Å². The van der Waals surface area contributed by atoms with E-state index in [9.17, 15) is 13.2 Å². The summed E-state index contributed by atoms with van der Waals surface area (Å²) in [7, 11) is -3.60. The summed E-state index contributed by atoms with van der Waals surface area (Å²) < 4.78 is 32.6. The second-order valence-corrected chi connectivity index (χ2v) is 9.11. The fourth-order valence-electron chi connectivity index (χ4n) is 2.51. The molecular formula is C20H26N2O4S. The summed E-state index contributed by atoms with van der Waals surface area (Å²) in [6.07, 6.45) is 0. The molecule has 0 aliphatic carbocycles. The molecule has 0 aliphatic rings. The molecule has 0 unspecified atom stereocenters. The smallest absolute Gasteiger partial charge is 0.262 e. The van der Waals surface area contributed by atoms with E-state index in [0.717, 1.165) is 16.8 Å². The van der Waals surface area contributed by atoms with E-state index in [0.29, 0.717) is 5.75 Å². The summed E-state index contributed by atoms with van der Waals surface area (Å²) in [4.78, 5) is 12.3. The monoisotopic (exact) mass is 390 g/mol. The van der Waals surface area contributed by atoms with Gasteiger partial charge in [-0.3, -0.25) is 4.79 Å². The number of benzene rings is 2. The van der Waals surface area contributed by atoms with E-state index in [-0.39, 0.29) is 17.4 Å². The van der Waals surface area contributed by atoms with Crippen LogP contribution in [0.5, 0.6) is 5.75 Å². The highest BCUT2D eigenvalue weighted by atomic mass is 32.2. The Hall–Kier alpha value is -2.38. The molecule has 0 saturated heterocycles. The highest BCUT2D eigenvalue weighted by Crippen LogP contribution is 2.20. The number of ether oxygens (including phenoxy) is 1. The number of rotatable bonds is 6. The molecule has 0 fully saturated rings. The maximum atomic E-state index is 12.3. The lowest BCUT2D eigenvalue weighted by molar-refractivity contribution is -0.118. The van der Waals surface area contributed by atoms with E-state index in [4.69, 9.17) is 4.74 Å². The Morgan fingerprint density at radius 1 is 1.00 bits per heavy atom. The average Bonchev–Trinajstić information content (AvgIpc) is 2.55. The topological polar surface area (TPSA) is 84.5 Å². The minimum atomic E-state index is -3.60. The predicted octanol–water partition coefficient (Wildman–Crippen LogP) is 3.40. The lowest BCUT2D eigenvalue weighted by atomic mass is 10.1. The maximum absolute atomic E-state index is 12.3. The van der Waals surface area contributed by atoms with Crippen LogP contribution in [-0.2, 0) is 14.8 Å². The number of carbonyl (C=O) groups is 1. The Morgan fingerprint density at radius 2 is 1.56 bits per heavy atom. The van der Waals surface area contributed by atoms with E-state index in [1.807, 2.05) is 32.0 Å². The zero-order chi connectivity index (χ0) is 20.2. The lowest BCUT2D eigenvalue weighted by Crippen LogP contribution is -2.40. The van der Waals surface area contributed by atoms with Crippen molar-refractivity contribution in [2.24, 2.45) is 0 Å². The highest BCUT2D eigenvalue weighted by molar-refractivity contribution is 7.89. The summed E-state index contributed by atoms with van der Waals surface area (Å²) in [6, 6.07) is 11.7. The van der Waals surface area contributed by atoms with Crippen molar-refractivity contribution in [2.45, 2.75) is 45.1 Å². The molecule has 2 aromatic carbocycles. The van der Waals surface area contributed by atoms with Gasteiger partial charge < -0.3 is 10.1 Å². The van der Waals surface area contributed by atoms with Gasteiger partial charge in [0.05, 0.1) is 4.90 Å². The van der Waals surface area contributed by atoms with Crippen molar-refractivity contribution in [3.63, 3.8) is 0 Å². The van der Waals surface area contributed by atoms with Gasteiger partial charge in [-0.05, 0) is 70.0 Å². The van der Waals surface area contributed by atoms with Crippen LogP contribution in [0.1, 0.15) is 31.9 Å². The largest absolute Gasteiger partial charge is 0.484 e. The number of hydrogen-bond donors (Lipinski definition) is 2. The van der Waals surface area contributed by atoms with Gasteiger partial charge in [0.25, 0.3) is 5.91 Å². The van der Waals surface area contributed by atoms with Crippen molar-refractivity contribution in [3.8, 4) is 5.75 Å². The minimum absolute atomic E-state index is 0.143. The average molecular weight is 391 g/mol. The van der Waals surface area contributed by atoms with Crippen LogP contribution in [0.3, 0.4) is 0 Å². The second-order valence-electron chi connectivity index (χ2n) is 7.43. The molecule has 6 nitrogen and oxygen atoms in total. The van der Waals surface area contributed by atoms with Crippen LogP contribution in [0.25, 0.3) is 0 Å². The molecule has 0 aromatic heterocycles. The molecule has 2 N–H and O–H groups in total. The number of hydrogen-bond acceptors (Lipinski definition) is 4. The molecule has 0 bridgehead atoms. The number of carbonyl (C=O) groups excluding carboxylic acids is 1. The van der Waals surface area contributed by atoms with Gasteiger partial charge in [-0.2, -0.15) is 0 Å². The van der Waals surface area contributed by atoms with Gasteiger partial charge in [0.1, 0.15) is 5.75 Å². The standard InChI is InChI=1S/C20H26N2O4S/c1-14-7-6-8-15(2)19(14)21-18(23)13-26-16-9-11-17(12-10-16)27(24,25)22-20(3,4)5/h6-12,22H,13H2,1-5H3,(H,21,23). The van der Waals surface area contributed by atoms with Gasteiger partial charge in [-0.25, -0.2) is 13.1 Å². The van der Waals surface area contributed by atoms with Crippen LogP contribution in [0.2, 0.25) is 0 Å². The quantitative estimate of drug-likeness (QED) is 0.792. The molecule has 146 valence electrons. The van der Waals surface area contributed by atoms with E-state index < -0.39 is 15.6 Å². The summed E-state index contributed by atoms with van der Waals surface area (Å²) in [5.74, 6) is 0.139. The molecule has 0 aliphatic heterocycles. The number of amides is 1. The third-order valence-electron chi connectivity index (χ3n) is 3.69. The third kappa shape index (κ3) is 6.08. The highest BCUT2D eigenvalue weighted by Gasteiger charge is 2.21. The van der Waals surface area contributed by atoms with Gasteiger partial charge in [-0.15, -0.1) is 0 Å². The third-order valence-corrected chi connectivity index (χ3v) is 5.46. The molecule has 0 radical (unpaired) electrons. The SMILES string of the molecule is Cc1cccc(C)c1NC(=O)COc1ccc(S(=O)(=O)NC(C)(C)C)cc1. The van der Waals surface area contributed by atoms with E-state index >= 15 is 0 Å². The summed E-state index contributed by atoms with van der Waals surface area (Å²) in [5, 5.41) is 2.84. The normalized spacial score (nSPS) is 11.9. The Kier molecular flexibility index (Phi) is 6.28. The van der Waals surface area contributed by atoms with E-state index in [2.05, 4.69) is 10.0 Å². The first-order valence-corrected chi connectivity index (χ1v) is 10.1. The maximum Gasteiger partial charge on any atom is 0.262 e. The molecule has 2 aromatic rings. The van der Waals surface area contributed by atoms with Crippen molar-refractivity contribution in [1.82, 2.24) is 4.72 Å². The van der Waals surface area contributed by atoms with Gasteiger partial charge in [0, 0.05) is 11.2 Å². The van der Waals surface area contributed by atoms with Gasteiger partial charge >= 0.3 is 0 Å². The van der Waals surface area contributed by atoms with Crippen LogP contribution < -0.4 is 14.8 Å². The first-order chi connectivity index (χ1) is 12.5. The van der Waals surface area contributed by atoms with Crippen molar-refractivity contribution in [2.75, 3.05) is 11.9 Å². The molecule has 7 heteroatoms. The Morgan fingerprint density at radius 3 is 2.07 bits per heavy atom. The van der Waals surface area contributed by atoms with Gasteiger partial charge in [0.15, 0.2) is 6.61 Å². The molecule has 0 heterocycles. The summed E-state index contributed by atoms with van der Waals surface area (Å²) in [6.45, 7) is 9.01. The van der Waals surface area contributed by atoms with Crippen molar-refractivity contribution >= 4 is 21.6 Å². The zero-order valence-electron chi connectivity index (χ0n) is 16.3. The Balaban J connectivity index is 1.98. The van der Waals surface area contributed by atoms with Crippen molar-refractivity contribution in [1.29, 1.82) is 0 Å². The Bertz CT molecular complexity index is 894. The molecule has 0 spiro atoms. The predicted molar refractivity (Wildman–Crippen MR) is 107 cm³/mol. The van der Waals surface area contributed by atoms with Crippen LogP contribution in [0.4, 0.5) is 5.69 Å². The number of sulfonamides is 1. The molecule has 1 amide bonds. The fraction of sp³-hybridized carbons (Fsp3) is 0.350. The van der Waals surface area contributed by atoms with Crippen molar-refractivity contribution in [3.05, 3.63) is 53.6 Å². The zero-order valence-corrected chi connectivity index (χ0v) is 17.1. The van der Waals surface area contributed by atoms with Crippen LogP contribution >= 0.6 is 0 Å². The van der Waals surface area contributed by atoms with Crippen LogP contribution in [0.15, 0.2) is 47.4 Å². The first-order valence-electron chi connectivity index (χ1n) is 8.61. The second kappa shape index (κ2) is 8.10. The summed E-state index contributed by atoms with van der Waals surface area (Å²) in [5.41, 5.74) is 2.16. The number of para-hydroxylation sites is 1. The number of nitrogens with one attached hydrogen (secondary N) is 2. The van der Waals surface area contributed by atoms with Crippen molar-refractivity contribution < 1.29 is 17.9 Å². The van der Waals surface area contributed by atoms with Gasteiger partial charge in [-0.1, -0.05) is 18.2 Å². The molecule has 0 atom stereocenters. The van der Waals surface area contributed by atoms with E-state index in [1.54, 1.807) is 20.8 Å². The molecule has 0 saturated carbocycles. The fourth-order valence-corrected chi connectivity index (χ4v) is 3.93. The molecular weight excluding hydrogens is 364 g/mol. The van der Waals surface area contributed by atoms with Crippen LogP contribution in [-0.4, -0.2) is 26.5 Å². The lowest BCUT2D eigenvalue weighted by Gasteiger charge is -2.20. The molecule has 27 heavy (non-hydrogen) atoms. The molecule has 2 rings (SSSR count). The van der Waals surface area contributed by atoms with E-state index in [1.165, 1.54) is 24.3 Å². The van der Waals surface area contributed by atoms with Gasteiger partial charge in [0.2, 0.25) is 10.0 Å². The summed E-state index contributed by atoms with van der Waals surface area (Å²) >= 11 is 0. The number of aryl methyl sites for hydroxylation is 2. The number of anilines is 1. The first kappa shape index (κ1) is 20.9. The minimum Gasteiger partial charge on any atom is -0.484 e. The van der Waals surface area contributed by atoms with Crippen LogP contribution in [0, 0.1) is 13.8 Å².